The summed E-state index contributed by atoms with van der Waals surface area (Å²) in [5.74, 6) is 1.05. The third-order valence-electron chi connectivity index (χ3n) is 3.29. The van der Waals surface area contributed by atoms with E-state index >= 15 is 0 Å². The van der Waals surface area contributed by atoms with Crippen LogP contribution in [0.25, 0.3) is 0 Å². The van der Waals surface area contributed by atoms with Gasteiger partial charge in [-0.05, 0) is 37.6 Å². The molecule has 5 nitrogen and oxygen atoms in total. The number of aryl methyl sites for hydroxylation is 1. The smallest absolute Gasteiger partial charge is 0.254 e. The Bertz CT molecular complexity index is 696. The summed E-state index contributed by atoms with van der Waals surface area (Å²) in [7, 11) is 1.59. The predicted molar refractivity (Wildman–Crippen MR) is 81.9 cm³/mol. The van der Waals surface area contributed by atoms with Crippen molar-refractivity contribution in [2.75, 3.05) is 12.8 Å². The van der Waals surface area contributed by atoms with Crippen molar-refractivity contribution < 1.29 is 14.3 Å². The van der Waals surface area contributed by atoms with Crippen molar-refractivity contribution in [2.45, 2.75) is 13.8 Å². The Labute approximate surface area is 123 Å². The molecule has 0 aromatic heterocycles. The maximum Gasteiger partial charge on any atom is 0.254 e. The summed E-state index contributed by atoms with van der Waals surface area (Å²) < 4.78 is 11.2. The van der Waals surface area contributed by atoms with E-state index in [0.29, 0.717) is 22.9 Å². The maximum atomic E-state index is 11.6. The highest BCUT2D eigenvalue weighted by Gasteiger charge is 2.17. The van der Waals surface area contributed by atoms with Crippen LogP contribution in [-0.4, -0.2) is 13.0 Å². The molecule has 1 amide bonds. The number of carbonyl (C=O) groups excluding carboxylic acids is 1. The molecule has 5 heteroatoms. The SMILES string of the molecule is COc1ccc(C)c(Oc2cccc(N)c2C(N)=O)c1C. The van der Waals surface area contributed by atoms with E-state index in [1.54, 1.807) is 25.3 Å². The van der Waals surface area contributed by atoms with E-state index in [-0.39, 0.29) is 5.56 Å². The van der Waals surface area contributed by atoms with Gasteiger partial charge in [0.05, 0.1) is 7.11 Å². The number of anilines is 1. The van der Waals surface area contributed by atoms with Crippen LogP contribution in [0, 0.1) is 13.8 Å². The summed E-state index contributed by atoms with van der Waals surface area (Å²) in [5.41, 5.74) is 13.4. The highest BCUT2D eigenvalue weighted by molar-refractivity contribution is 6.00. The number of hydrogen-bond donors (Lipinski definition) is 2. The van der Waals surface area contributed by atoms with Gasteiger partial charge in [0.25, 0.3) is 5.91 Å². The van der Waals surface area contributed by atoms with Crippen molar-refractivity contribution >= 4 is 11.6 Å². The highest BCUT2D eigenvalue weighted by Crippen LogP contribution is 2.36. The van der Waals surface area contributed by atoms with Gasteiger partial charge in [-0.15, -0.1) is 0 Å². The van der Waals surface area contributed by atoms with E-state index < -0.39 is 5.91 Å². The first-order valence-electron chi connectivity index (χ1n) is 6.46. The van der Waals surface area contributed by atoms with Crippen LogP contribution >= 0.6 is 0 Å². The van der Waals surface area contributed by atoms with Gasteiger partial charge in [0, 0.05) is 11.3 Å². The van der Waals surface area contributed by atoms with Gasteiger partial charge in [0.15, 0.2) is 0 Å². The Kier molecular flexibility index (Phi) is 4.03. The first-order chi connectivity index (χ1) is 9.95. The summed E-state index contributed by atoms with van der Waals surface area (Å²) in [6.45, 7) is 3.80. The topological polar surface area (TPSA) is 87.6 Å². The molecule has 0 bridgehead atoms. The standard InChI is InChI=1S/C16H18N2O3/c1-9-7-8-12(20-3)10(2)15(9)21-13-6-4-5-11(17)14(13)16(18)19/h4-8H,17H2,1-3H3,(H2,18,19). The largest absolute Gasteiger partial charge is 0.496 e. The Morgan fingerprint density at radius 1 is 1.10 bits per heavy atom. The Morgan fingerprint density at radius 2 is 1.81 bits per heavy atom. The molecule has 2 rings (SSSR count). The van der Waals surface area contributed by atoms with Crippen molar-refractivity contribution in [3.8, 4) is 17.2 Å². The van der Waals surface area contributed by atoms with Crippen molar-refractivity contribution in [3.05, 3.63) is 47.0 Å². The third-order valence-corrected chi connectivity index (χ3v) is 3.29. The molecule has 0 aliphatic carbocycles. The van der Waals surface area contributed by atoms with E-state index in [1.165, 1.54) is 0 Å². The maximum absolute atomic E-state index is 11.6. The van der Waals surface area contributed by atoms with Crippen LogP contribution in [0.2, 0.25) is 0 Å². The van der Waals surface area contributed by atoms with Crippen molar-refractivity contribution in [3.63, 3.8) is 0 Å². The molecule has 0 aliphatic rings. The number of methoxy groups -OCH3 is 1. The zero-order chi connectivity index (χ0) is 15.6. The average molecular weight is 286 g/mol. The first-order valence-corrected chi connectivity index (χ1v) is 6.46. The molecule has 110 valence electrons. The Hall–Kier alpha value is -2.69. The normalized spacial score (nSPS) is 10.2. The van der Waals surface area contributed by atoms with Crippen LogP contribution in [0.15, 0.2) is 30.3 Å². The quantitative estimate of drug-likeness (QED) is 0.846. The van der Waals surface area contributed by atoms with E-state index in [9.17, 15) is 4.79 Å². The number of ether oxygens (including phenoxy) is 2. The second-order valence-corrected chi connectivity index (χ2v) is 4.73. The molecule has 0 unspecified atom stereocenters. The van der Waals surface area contributed by atoms with Gasteiger partial charge in [0.2, 0.25) is 0 Å². The zero-order valence-electron chi connectivity index (χ0n) is 12.3. The van der Waals surface area contributed by atoms with Gasteiger partial charge in [-0.2, -0.15) is 0 Å². The summed E-state index contributed by atoms with van der Waals surface area (Å²) >= 11 is 0. The van der Waals surface area contributed by atoms with E-state index in [0.717, 1.165) is 11.1 Å². The summed E-state index contributed by atoms with van der Waals surface area (Å²) in [5, 5.41) is 0. The molecule has 0 spiro atoms. The van der Waals surface area contributed by atoms with Crippen LogP contribution in [0.1, 0.15) is 21.5 Å². The lowest BCUT2D eigenvalue weighted by Gasteiger charge is -2.16. The molecular weight excluding hydrogens is 268 g/mol. The van der Waals surface area contributed by atoms with Crippen LogP contribution in [0.5, 0.6) is 17.2 Å². The van der Waals surface area contributed by atoms with Crippen molar-refractivity contribution in [2.24, 2.45) is 5.73 Å². The van der Waals surface area contributed by atoms with Crippen LogP contribution in [0.4, 0.5) is 5.69 Å². The molecular formula is C16H18N2O3. The molecule has 0 saturated heterocycles. The average Bonchev–Trinajstić information content (AvgIpc) is 2.43. The molecule has 0 fully saturated rings. The monoisotopic (exact) mass is 286 g/mol. The fourth-order valence-corrected chi connectivity index (χ4v) is 2.19. The predicted octanol–water partition coefficient (Wildman–Crippen LogP) is 2.79. The molecule has 0 heterocycles. The minimum Gasteiger partial charge on any atom is -0.496 e. The number of amides is 1. The summed E-state index contributed by atoms with van der Waals surface area (Å²) in [6, 6.07) is 8.73. The third kappa shape index (κ3) is 2.76. The number of nitrogens with two attached hydrogens (primary N) is 2. The van der Waals surface area contributed by atoms with Crippen LogP contribution in [0.3, 0.4) is 0 Å². The minimum atomic E-state index is -0.624. The van der Waals surface area contributed by atoms with Crippen LogP contribution in [-0.2, 0) is 0 Å². The molecule has 0 atom stereocenters. The zero-order valence-corrected chi connectivity index (χ0v) is 12.3. The molecule has 4 N–H and O–H groups in total. The number of primary amides is 1. The summed E-state index contributed by atoms with van der Waals surface area (Å²) in [6.07, 6.45) is 0. The van der Waals surface area contributed by atoms with Gasteiger partial charge in [-0.1, -0.05) is 12.1 Å². The van der Waals surface area contributed by atoms with Gasteiger partial charge in [-0.25, -0.2) is 0 Å². The lowest BCUT2D eigenvalue weighted by Crippen LogP contribution is -2.15. The second kappa shape index (κ2) is 5.75. The molecule has 0 aliphatic heterocycles. The lowest BCUT2D eigenvalue weighted by atomic mass is 10.1. The number of hydrogen-bond acceptors (Lipinski definition) is 4. The minimum absolute atomic E-state index is 0.180. The Morgan fingerprint density at radius 3 is 2.43 bits per heavy atom. The number of benzene rings is 2. The fourth-order valence-electron chi connectivity index (χ4n) is 2.19. The van der Waals surface area contributed by atoms with Gasteiger partial charge in [0.1, 0.15) is 22.8 Å². The number of rotatable bonds is 4. The first kappa shape index (κ1) is 14.7. The van der Waals surface area contributed by atoms with Crippen molar-refractivity contribution in [1.29, 1.82) is 0 Å². The molecule has 0 radical (unpaired) electrons. The van der Waals surface area contributed by atoms with Crippen molar-refractivity contribution in [1.82, 2.24) is 0 Å². The van der Waals surface area contributed by atoms with Gasteiger partial charge >= 0.3 is 0 Å². The molecule has 2 aromatic rings. The summed E-state index contributed by atoms with van der Waals surface area (Å²) in [4.78, 5) is 11.6. The van der Waals surface area contributed by atoms with Gasteiger partial charge < -0.3 is 20.9 Å². The van der Waals surface area contributed by atoms with E-state index in [1.807, 2.05) is 26.0 Å². The number of carbonyl (C=O) groups is 1. The Balaban J connectivity index is 2.53. The van der Waals surface area contributed by atoms with E-state index in [4.69, 9.17) is 20.9 Å². The molecule has 21 heavy (non-hydrogen) atoms. The highest BCUT2D eigenvalue weighted by atomic mass is 16.5. The lowest BCUT2D eigenvalue weighted by molar-refractivity contribution is 0.0999. The van der Waals surface area contributed by atoms with Crippen LogP contribution < -0.4 is 20.9 Å². The second-order valence-electron chi connectivity index (χ2n) is 4.73. The van der Waals surface area contributed by atoms with E-state index in [2.05, 4.69) is 0 Å². The number of nitrogen functional groups attached to an aromatic ring is 1. The van der Waals surface area contributed by atoms with Gasteiger partial charge in [-0.3, -0.25) is 4.79 Å². The fraction of sp³-hybridized carbons (Fsp3) is 0.188. The molecule has 2 aromatic carbocycles. The molecule has 0 saturated carbocycles.